The second kappa shape index (κ2) is 5.79. The van der Waals surface area contributed by atoms with Crippen LogP contribution in [0.3, 0.4) is 0 Å². The van der Waals surface area contributed by atoms with Gasteiger partial charge >= 0.3 is 0 Å². The third-order valence-electron chi connectivity index (χ3n) is 2.64. The normalized spacial score (nSPS) is 12.9. The number of aryl methyl sites for hydroxylation is 1. The monoisotopic (exact) mass is 205 g/mol. The molecule has 0 saturated heterocycles. The van der Waals surface area contributed by atoms with Crippen LogP contribution >= 0.6 is 0 Å². The van der Waals surface area contributed by atoms with Gasteiger partial charge in [-0.25, -0.2) is 0 Å². The zero-order valence-corrected chi connectivity index (χ0v) is 10.4. The molecular weight excluding hydrogens is 182 g/mol. The minimum absolute atomic E-state index is 0.565. The Hall–Kier alpha value is -0.980. The molecule has 0 amide bonds. The molecule has 0 aliphatic rings. The average molecular weight is 205 g/mol. The fourth-order valence-corrected chi connectivity index (χ4v) is 1.59. The second-order valence-electron chi connectivity index (χ2n) is 4.88. The van der Waals surface area contributed by atoms with E-state index >= 15 is 0 Å². The molecule has 1 aromatic rings. The molecule has 0 aliphatic carbocycles. The maximum Gasteiger partial charge on any atom is 0.0342 e. The van der Waals surface area contributed by atoms with Crippen LogP contribution in [0.1, 0.15) is 39.2 Å². The van der Waals surface area contributed by atoms with Gasteiger partial charge in [0.2, 0.25) is 0 Å². The SMILES string of the molecule is Cc1ccc(NC(C)CCC(C)C)cc1. The van der Waals surface area contributed by atoms with Crippen LogP contribution < -0.4 is 5.32 Å². The van der Waals surface area contributed by atoms with Crippen LogP contribution in [0, 0.1) is 12.8 Å². The molecule has 1 unspecified atom stereocenters. The quantitative estimate of drug-likeness (QED) is 0.758. The zero-order valence-electron chi connectivity index (χ0n) is 10.4. The van der Waals surface area contributed by atoms with Crippen molar-refractivity contribution in [2.24, 2.45) is 5.92 Å². The molecule has 0 saturated carbocycles. The molecule has 1 nitrogen and oxygen atoms in total. The number of anilines is 1. The lowest BCUT2D eigenvalue weighted by atomic mass is 10.0. The molecule has 0 fully saturated rings. The Bertz CT molecular complexity index is 274. The Morgan fingerprint density at radius 1 is 1.00 bits per heavy atom. The smallest absolute Gasteiger partial charge is 0.0342 e. The summed E-state index contributed by atoms with van der Waals surface area (Å²) in [5.41, 5.74) is 2.55. The van der Waals surface area contributed by atoms with Crippen LogP contribution in [0.4, 0.5) is 5.69 Å². The summed E-state index contributed by atoms with van der Waals surface area (Å²) in [7, 11) is 0. The Morgan fingerprint density at radius 2 is 1.60 bits per heavy atom. The standard InChI is InChI=1S/C14H23N/c1-11(2)5-8-13(4)15-14-9-6-12(3)7-10-14/h6-7,9-11,13,15H,5,8H2,1-4H3. The fourth-order valence-electron chi connectivity index (χ4n) is 1.59. The number of benzene rings is 1. The van der Waals surface area contributed by atoms with Crippen LogP contribution in [0.5, 0.6) is 0 Å². The van der Waals surface area contributed by atoms with E-state index in [1.165, 1.54) is 24.1 Å². The van der Waals surface area contributed by atoms with Crippen molar-refractivity contribution >= 4 is 5.69 Å². The van der Waals surface area contributed by atoms with E-state index in [2.05, 4.69) is 57.3 Å². The molecule has 84 valence electrons. The molecule has 0 spiro atoms. The molecule has 0 aromatic heterocycles. The van der Waals surface area contributed by atoms with Crippen molar-refractivity contribution in [3.63, 3.8) is 0 Å². The number of hydrogen-bond donors (Lipinski definition) is 1. The van der Waals surface area contributed by atoms with Gasteiger partial charge in [-0.3, -0.25) is 0 Å². The van der Waals surface area contributed by atoms with Crippen LogP contribution in [-0.4, -0.2) is 6.04 Å². The van der Waals surface area contributed by atoms with E-state index in [0.29, 0.717) is 6.04 Å². The summed E-state index contributed by atoms with van der Waals surface area (Å²) in [4.78, 5) is 0. The topological polar surface area (TPSA) is 12.0 Å². The molecule has 1 N–H and O–H groups in total. The van der Waals surface area contributed by atoms with Gasteiger partial charge in [-0.15, -0.1) is 0 Å². The summed E-state index contributed by atoms with van der Waals surface area (Å²) in [5, 5.41) is 3.52. The first-order valence-corrected chi connectivity index (χ1v) is 5.91. The van der Waals surface area contributed by atoms with Crippen LogP contribution in [0.2, 0.25) is 0 Å². The Morgan fingerprint density at radius 3 is 2.13 bits per heavy atom. The van der Waals surface area contributed by atoms with Crippen molar-refractivity contribution in [3.05, 3.63) is 29.8 Å². The van der Waals surface area contributed by atoms with Gasteiger partial charge in [-0.1, -0.05) is 31.5 Å². The van der Waals surface area contributed by atoms with E-state index in [-0.39, 0.29) is 0 Å². The molecule has 1 atom stereocenters. The molecule has 15 heavy (non-hydrogen) atoms. The molecule has 1 rings (SSSR count). The van der Waals surface area contributed by atoms with E-state index in [9.17, 15) is 0 Å². The van der Waals surface area contributed by atoms with E-state index in [0.717, 1.165) is 5.92 Å². The van der Waals surface area contributed by atoms with Gasteiger partial charge in [-0.05, 0) is 44.7 Å². The van der Waals surface area contributed by atoms with Crippen LogP contribution in [0.15, 0.2) is 24.3 Å². The zero-order chi connectivity index (χ0) is 11.3. The predicted molar refractivity (Wildman–Crippen MR) is 68.3 cm³/mol. The third kappa shape index (κ3) is 4.87. The van der Waals surface area contributed by atoms with Crippen molar-refractivity contribution in [2.45, 2.75) is 46.6 Å². The Labute approximate surface area is 93.9 Å². The molecule has 1 heteroatoms. The largest absolute Gasteiger partial charge is 0.383 e. The highest BCUT2D eigenvalue weighted by Gasteiger charge is 2.03. The van der Waals surface area contributed by atoms with Gasteiger partial charge in [0.1, 0.15) is 0 Å². The predicted octanol–water partition coefficient (Wildman–Crippen LogP) is 4.23. The van der Waals surface area contributed by atoms with E-state index in [1.807, 2.05) is 0 Å². The highest BCUT2D eigenvalue weighted by molar-refractivity contribution is 5.44. The highest BCUT2D eigenvalue weighted by atomic mass is 14.9. The summed E-state index contributed by atoms with van der Waals surface area (Å²) in [6, 6.07) is 9.17. The Balaban J connectivity index is 2.37. The maximum atomic E-state index is 3.52. The first-order valence-electron chi connectivity index (χ1n) is 5.91. The van der Waals surface area contributed by atoms with Gasteiger partial charge < -0.3 is 5.32 Å². The molecule has 0 heterocycles. The fraction of sp³-hybridized carbons (Fsp3) is 0.571. The van der Waals surface area contributed by atoms with Gasteiger partial charge in [0.15, 0.2) is 0 Å². The van der Waals surface area contributed by atoms with Crippen molar-refractivity contribution in [3.8, 4) is 0 Å². The lowest BCUT2D eigenvalue weighted by Gasteiger charge is -2.16. The average Bonchev–Trinajstić information content (AvgIpc) is 2.19. The van der Waals surface area contributed by atoms with Crippen molar-refractivity contribution in [1.29, 1.82) is 0 Å². The van der Waals surface area contributed by atoms with Crippen LogP contribution in [0.25, 0.3) is 0 Å². The van der Waals surface area contributed by atoms with E-state index in [1.54, 1.807) is 0 Å². The van der Waals surface area contributed by atoms with Crippen molar-refractivity contribution in [1.82, 2.24) is 0 Å². The van der Waals surface area contributed by atoms with Gasteiger partial charge in [-0.2, -0.15) is 0 Å². The lowest BCUT2D eigenvalue weighted by molar-refractivity contribution is 0.528. The van der Waals surface area contributed by atoms with E-state index in [4.69, 9.17) is 0 Å². The molecule has 0 aliphatic heterocycles. The molecule has 0 radical (unpaired) electrons. The third-order valence-corrected chi connectivity index (χ3v) is 2.64. The summed E-state index contributed by atoms with van der Waals surface area (Å²) in [5.74, 6) is 0.798. The summed E-state index contributed by atoms with van der Waals surface area (Å²) in [6.07, 6.45) is 2.53. The molecular formula is C14H23N. The molecule has 1 aromatic carbocycles. The van der Waals surface area contributed by atoms with E-state index < -0.39 is 0 Å². The summed E-state index contributed by atoms with van der Waals surface area (Å²) < 4.78 is 0. The van der Waals surface area contributed by atoms with Gasteiger partial charge in [0, 0.05) is 11.7 Å². The van der Waals surface area contributed by atoms with Crippen LogP contribution in [-0.2, 0) is 0 Å². The van der Waals surface area contributed by atoms with Gasteiger partial charge in [0.25, 0.3) is 0 Å². The summed E-state index contributed by atoms with van der Waals surface area (Å²) in [6.45, 7) is 8.92. The Kier molecular flexibility index (Phi) is 4.67. The summed E-state index contributed by atoms with van der Waals surface area (Å²) >= 11 is 0. The minimum atomic E-state index is 0.565. The van der Waals surface area contributed by atoms with Crippen molar-refractivity contribution in [2.75, 3.05) is 5.32 Å². The maximum absolute atomic E-state index is 3.52. The second-order valence-corrected chi connectivity index (χ2v) is 4.88. The highest BCUT2D eigenvalue weighted by Crippen LogP contribution is 2.13. The number of hydrogen-bond acceptors (Lipinski definition) is 1. The van der Waals surface area contributed by atoms with Crippen molar-refractivity contribution < 1.29 is 0 Å². The minimum Gasteiger partial charge on any atom is -0.383 e. The first kappa shape index (κ1) is 12.1. The molecule has 0 bridgehead atoms. The first-order chi connectivity index (χ1) is 7.08. The number of nitrogens with one attached hydrogen (secondary N) is 1. The van der Waals surface area contributed by atoms with Gasteiger partial charge in [0.05, 0.1) is 0 Å². The lowest BCUT2D eigenvalue weighted by Crippen LogP contribution is -2.15. The number of rotatable bonds is 5.